The second-order valence-electron chi connectivity index (χ2n) is 8.68. The van der Waals surface area contributed by atoms with Crippen LogP contribution in [0.4, 0.5) is 17.1 Å². The zero-order valence-corrected chi connectivity index (χ0v) is 17.8. The molecule has 1 heterocycles. The van der Waals surface area contributed by atoms with Crippen LogP contribution < -0.4 is 10.2 Å². The molecule has 2 aliphatic rings. The zero-order valence-electron chi connectivity index (χ0n) is 17.8. The van der Waals surface area contributed by atoms with Gasteiger partial charge in [0.2, 0.25) is 0 Å². The number of benzene rings is 2. The van der Waals surface area contributed by atoms with Gasteiger partial charge in [-0.15, -0.1) is 0 Å². The van der Waals surface area contributed by atoms with Crippen molar-refractivity contribution in [3.8, 4) is 0 Å². The highest BCUT2D eigenvalue weighted by molar-refractivity contribution is 5.70. The molecule has 0 radical (unpaired) electrons. The number of nitro groups is 1. The number of piperazine rings is 1. The van der Waals surface area contributed by atoms with Crippen LogP contribution in [0, 0.1) is 16.0 Å². The summed E-state index contributed by atoms with van der Waals surface area (Å²) in [5, 5.41) is 15.4. The molecule has 1 aliphatic heterocycles. The molecular weight excluding hydrogens is 376 g/mol. The lowest BCUT2D eigenvalue weighted by atomic mass is 9.81. The summed E-state index contributed by atoms with van der Waals surface area (Å²) in [5.74, 6) is 0.494. The van der Waals surface area contributed by atoms with E-state index in [4.69, 9.17) is 0 Å². The summed E-state index contributed by atoms with van der Waals surface area (Å²) in [7, 11) is 2.13. The van der Waals surface area contributed by atoms with Gasteiger partial charge in [0.15, 0.2) is 0 Å². The van der Waals surface area contributed by atoms with Crippen molar-refractivity contribution in [3.63, 3.8) is 0 Å². The largest absolute Gasteiger partial charge is 0.372 e. The monoisotopic (exact) mass is 408 g/mol. The van der Waals surface area contributed by atoms with Crippen molar-refractivity contribution in [1.29, 1.82) is 0 Å². The van der Waals surface area contributed by atoms with E-state index in [2.05, 4.69) is 46.4 Å². The predicted molar refractivity (Wildman–Crippen MR) is 122 cm³/mol. The van der Waals surface area contributed by atoms with Crippen LogP contribution in [0.3, 0.4) is 0 Å². The third-order valence-corrected chi connectivity index (χ3v) is 6.64. The second-order valence-corrected chi connectivity index (χ2v) is 8.68. The van der Waals surface area contributed by atoms with E-state index in [-0.39, 0.29) is 16.7 Å². The SMILES string of the molecule is CN1CCN(c2ccc([N+](=O)[O-])c(N[C@H](c3ccccc3)C3CCCCC3)c2)CC1. The first-order valence-electron chi connectivity index (χ1n) is 11.2. The molecule has 0 unspecified atom stereocenters. The minimum atomic E-state index is -0.265. The molecule has 2 aromatic rings. The summed E-state index contributed by atoms with van der Waals surface area (Å²) < 4.78 is 0. The molecule has 2 fully saturated rings. The lowest BCUT2D eigenvalue weighted by molar-refractivity contribution is -0.384. The van der Waals surface area contributed by atoms with Gasteiger partial charge in [-0.25, -0.2) is 0 Å². The Morgan fingerprint density at radius 1 is 1.00 bits per heavy atom. The van der Waals surface area contributed by atoms with Gasteiger partial charge in [0.05, 0.1) is 11.0 Å². The molecule has 1 aliphatic carbocycles. The Hall–Kier alpha value is -2.60. The summed E-state index contributed by atoms with van der Waals surface area (Å²) in [6.45, 7) is 3.90. The fourth-order valence-electron chi connectivity index (χ4n) is 4.83. The molecule has 1 N–H and O–H groups in total. The van der Waals surface area contributed by atoms with E-state index >= 15 is 0 Å². The smallest absolute Gasteiger partial charge is 0.292 e. The van der Waals surface area contributed by atoms with Crippen LogP contribution in [0.25, 0.3) is 0 Å². The van der Waals surface area contributed by atoms with Gasteiger partial charge in [0.25, 0.3) is 5.69 Å². The molecule has 0 spiro atoms. The highest BCUT2D eigenvalue weighted by atomic mass is 16.6. The van der Waals surface area contributed by atoms with Crippen LogP contribution in [-0.2, 0) is 0 Å². The van der Waals surface area contributed by atoms with Crippen molar-refractivity contribution in [2.24, 2.45) is 5.92 Å². The van der Waals surface area contributed by atoms with E-state index in [1.165, 1.54) is 37.7 Å². The van der Waals surface area contributed by atoms with Gasteiger partial charge in [-0.3, -0.25) is 10.1 Å². The molecule has 1 saturated carbocycles. The number of hydrogen-bond donors (Lipinski definition) is 1. The molecule has 6 heteroatoms. The van der Waals surface area contributed by atoms with Gasteiger partial charge >= 0.3 is 0 Å². The van der Waals surface area contributed by atoms with Crippen molar-refractivity contribution in [2.45, 2.75) is 38.1 Å². The molecule has 1 atom stereocenters. The molecule has 0 aromatic heterocycles. The molecule has 4 rings (SSSR count). The van der Waals surface area contributed by atoms with E-state index in [9.17, 15) is 10.1 Å². The first-order valence-corrected chi connectivity index (χ1v) is 11.2. The van der Waals surface area contributed by atoms with Gasteiger partial charge < -0.3 is 15.1 Å². The van der Waals surface area contributed by atoms with E-state index < -0.39 is 0 Å². The molecule has 160 valence electrons. The van der Waals surface area contributed by atoms with Crippen LogP contribution in [0.5, 0.6) is 0 Å². The minimum Gasteiger partial charge on any atom is -0.372 e. The summed E-state index contributed by atoms with van der Waals surface area (Å²) in [5.41, 5.74) is 3.07. The Morgan fingerprint density at radius 2 is 1.70 bits per heavy atom. The van der Waals surface area contributed by atoms with Gasteiger partial charge in [-0.05, 0) is 43.5 Å². The summed E-state index contributed by atoms with van der Waals surface area (Å²) >= 11 is 0. The minimum absolute atomic E-state index is 0.0907. The Bertz CT molecular complexity index is 844. The van der Waals surface area contributed by atoms with Gasteiger partial charge in [-0.1, -0.05) is 49.6 Å². The quantitative estimate of drug-likeness (QED) is 0.533. The molecule has 1 saturated heterocycles. The molecule has 30 heavy (non-hydrogen) atoms. The summed E-state index contributed by atoms with van der Waals surface area (Å²) in [6, 6.07) is 16.1. The Balaban J connectivity index is 1.65. The highest BCUT2D eigenvalue weighted by Gasteiger charge is 2.28. The highest BCUT2D eigenvalue weighted by Crippen LogP contribution is 2.39. The molecule has 0 amide bonds. The fourth-order valence-corrected chi connectivity index (χ4v) is 4.83. The van der Waals surface area contributed by atoms with E-state index in [1.807, 2.05) is 18.2 Å². The second kappa shape index (κ2) is 9.47. The number of nitrogens with zero attached hydrogens (tertiary/aromatic N) is 3. The van der Waals surface area contributed by atoms with Gasteiger partial charge in [0.1, 0.15) is 5.69 Å². The van der Waals surface area contributed by atoms with Gasteiger partial charge in [0, 0.05) is 37.9 Å². The number of nitrogens with one attached hydrogen (secondary N) is 1. The van der Waals surface area contributed by atoms with Crippen LogP contribution in [0.2, 0.25) is 0 Å². The Kier molecular flexibility index (Phi) is 6.53. The normalized spacial score (nSPS) is 19.4. The van der Waals surface area contributed by atoms with Crippen molar-refractivity contribution >= 4 is 17.1 Å². The molecular formula is C24H32N4O2. The maximum absolute atomic E-state index is 11.8. The average molecular weight is 409 g/mol. The third kappa shape index (κ3) is 4.75. The maximum Gasteiger partial charge on any atom is 0.292 e. The molecule has 2 aromatic carbocycles. The summed E-state index contributed by atoms with van der Waals surface area (Å²) in [4.78, 5) is 16.2. The van der Waals surface area contributed by atoms with Crippen molar-refractivity contribution in [3.05, 3.63) is 64.2 Å². The third-order valence-electron chi connectivity index (χ3n) is 6.64. The molecule has 6 nitrogen and oxygen atoms in total. The van der Waals surface area contributed by atoms with Crippen molar-refractivity contribution in [1.82, 2.24) is 4.90 Å². The lowest BCUT2D eigenvalue weighted by Crippen LogP contribution is -2.44. The first kappa shape index (κ1) is 20.7. The number of anilines is 2. The fraction of sp³-hybridized carbons (Fsp3) is 0.500. The first-order chi connectivity index (χ1) is 14.6. The Labute approximate surface area is 179 Å². The number of likely N-dealkylation sites (N-methyl/N-ethyl adjacent to an activating group) is 1. The number of nitro benzene ring substituents is 1. The predicted octanol–water partition coefficient (Wildman–Crippen LogP) is 5.08. The van der Waals surface area contributed by atoms with Crippen molar-refractivity contribution in [2.75, 3.05) is 43.4 Å². The number of rotatable bonds is 6. The van der Waals surface area contributed by atoms with Crippen molar-refractivity contribution < 1.29 is 4.92 Å². The zero-order chi connectivity index (χ0) is 20.9. The van der Waals surface area contributed by atoms with Crippen LogP contribution in [0.1, 0.15) is 43.7 Å². The van der Waals surface area contributed by atoms with E-state index in [0.717, 1.165) is 31.9 Å². The van der Waals surface area contributed by atoms with Crippen LogP contribution in [-0.4, -0.2) is 43.0 Å². The topological polar surface area (TPSA) is 61.7 Å². The molecule has 0 bridgehead atoms. The van der Waals surface area contributed by atoms with E-state index in [0.29, 0.717) is 11.6 Å². The summed E-state index contributed by atoms with van der Waals surface area (Å²) in [6.07, 6.45) is 6.09. The standard InChI is InChI=1S/C24H32N4O2/c1-26-14-16-27(17-15-26)21-12-13-23(28(29)30)22(18-21)25-24(19-8-4-2-5-9-19)20-10-6-3-7-11-20/h2,4-5,8-9,12-13,18,20,24-25H,3,6-7,10-11,14-17H2,1H3/t24-/m1/s1. The average Bonchev–Trinajstić information content (AvgIpc) is 2.79. The lowest BCUT2D eigenvalue weighted by Gasteiger charge is -2.35. The van der Waals surface area contributed by atoms with Gasteiger partial charge in [-0.2, -0.15) is 0 Å². The Morgan fingerprint density at radius 3 is 2.37 bits per heavy atom. The maximum atomic E-state index is 11.8. The van der Waals surface area contributed by atoms with E-state index in [1.54, 1.807) is 6.07 Å². The van der Waals surface area contributed by atoms with Crippen LogP contribution >= 0.6 is 0 Å². The van der Waals surface area contributed by atoms with Crippen LogP contribution in [0.15, 0.2) is 48.5 Å². The number of hydrogen-bond acceptors (Lipinski definition) is 5.